The summed E-state index contributed by atoms with van der Waals surface area (Å²) in [7, 11) is 1.89. The molecule has 0 atom stereocenters. The van der Waals surface area contributed by atoms with Crippen molar-refractivity contribution in [2.45, 2.75) is 32.6 Å². The lowest BCUT2D eigenvalue weighted by molar-refractivity contribution is 0.0745. The highest BCUT2D eigenvalue weighted by Gasteiger charge is 2.22. The molecular weight excluding hydrogens is 238 g/mol. The second-order valence-corrected chi connectivity index (χ2v) is 5.34. The van der Waals surface area contributed by atoms with Crippen LogP contribution >= 0.6 is 0 Å². The van der Waals surface area contributed by atoms with Gasteiger partial charge in [0.25, 0.3) is 5.91 Å². The Morgan fingerprint density at radius 2 is 2.32 bits per heavy atom. The van der Waals surface area contributed by atoms with Crippen LogP contribution in [0.1, 0.15) is 43.0 Å². The zero-order chi connectivity index (χ0) is 13.7. The van der Waals surface area contributed by atoms with Crippen LogP contribution in [0.15, 0.2) is 18.3 Å². The van der Waals surface area contributed by atoms with E-state index in [1.807, 2.05) is 18.0 Å². The third-order valence-corrected chi connectivity index (χ3v) is 3.67. The van der Waals surface area contributed by atoms with E-state index < -0.39 is 0 Å². The maximum atomic E-state index is 12.3. The molecule has 104 valence electrons. The number of hydrogen-bond donors (Lipinski definition) is 1. The van der Waals surface area contributed by atoms with Crippen molar-refractivity contribution >= 4 is 11.7 Å². The Morgan fingerprint density at radius 1 is 1.53 bits per heavy atom. The first-order valence-electron chi connectivity index (χ1n) is 7.16. The maximum Gasteiger partial charge on any atom is 0.253 e. The highest BCUT2D eigenvalue weighted by molar-refractivity contribution is 5.94. The van der Waals surface area contributed by atoms with E-state index in [-0.39, 0.29) is 5.91 Å². The number of amides is 1. The number of aromatic nitrogens is 1. The second-order valence-electron chi connectivity index (χ2n) is 5.34. The molecule has 19 heavy (non-hydrogen) atoms. The van der Waals surface area contributed by atoms with Gasteiger partial charge < -0.3 is 10.2 Å². The number of nitrogens with zero attached hydrogens (tertiary/aromatic N) is 2. The molecule has 1 aliphatic rings. The van der Waals surface area contributed by atoms with Crippen molar-refractivity contribution in [3.05, 3.63) is 23.9 Å². The van der Waals surface area contributed by atoms with Crippen LogP contribution in [-0.4, -0.2) is 35.9 Å². The molecule has 1 saturated carbocycles. The van der Waals surface area contributed by atoms with Crippen molar-refractivity contribution < 1.29 is 4.79 Å². The summed E-state index contributed by atoms with van der Waals surface area (Å²) in [6, 6.07) is 3.63. The summed E-state index contributed by atoms with van der Waals surface area (Å²) in [5.74, 6) is 1.58. The largest absolute Gasteiger partial charge is 0.370 e. The predicted octanol–water partition coefficient (Wildman–Crippen LogP) is 2.78. The summed E-state index contributed by atoms with van der Waals surface area (Å²) < 4.78 is 0. The fourth-order valence-corrected chi connectivity index (χ4v) is 2.28. The van der Waals surface area contributed by atoms with Gasteiger partial charge in [0, 0.05) is 31.9 Å². The lowest BCUT2D eigenvalue weighted by Gasteiger charge is -2.30. The van der Waals surface area contributed by atoms with E-state index in [1.54, 1.807) is 12.3 Å². The Kier molecular flexibility index (Phi) is 4.77. The molecule has 1 aromatic heterocycles. The minimum absolute atomic E-state index is 0.0915. The quantitative estimate of drug-likeness (QED) is 0.856. The molecule has 1 aromatic rings. The van der Waals surface area contributed by atoms with Crippen molar-refractivity contribution in [1.82, 2.24) is 9.88 Å². The Balaban J connectivity index is 1.96. The molecule has 0 spiro atoms. The van der Waals surface area contributed by atoms with Gasteiger partial charge in [-0.15, -0.1) is 0 Å². The number of rotatable bonds is 6. The monoisotopic (exact) mass is 261 g/mol. The van der Waals surface area contributed by atoms with E-state index >= 15 is 0 Å². The lowest BCUT2D eigenvalue weighted by Crippen LogP contribution is -2.34. The SMILES string of the molecule is CCCNc1cc(C(=O)N(C)CC2CCC2)ccn1. The van der Waals surface area contributed by atoms with E-state index in [0.717, 1.165) is 30.9 Å². The van der Waals surface area contributed by atoms with Crippen LogP contribution in [0.25, 0.3) is 0 Å². The van der Waals surface area contributed by atoms with Gasteiger partial charge in [-0.1, -0.05) is 13.3 Å². The lowest BCUT2D eigenvalue weighted by atomic mass is 9.85. The fourth-order valence-electron chi connectivity index (χ4n) is 2.28. The first-order valence-corrected chi connectivity index (χ1v) is 7.16. The molecule has 0 bridgehead atoms. The third kappa shape index (κ3) is 3.69. The van der Waals surface area contributed by atoms with Crippen LogP contribution in [0.5, 0.6) is 0 Å². The summed E-state index contributed by atoms with van der Waals surface area (Å²) in [4.78, 5) is 18.4. The Hall–Kier alpha value is -1.58. The van der Waals surface area contributed by atoms with Crippen LogP contribution in [0.4, 0.5) is 5.82 Å². The summed E-state index contributed by atoms with van der Waals surface area (Å²) in [5, 5.41) is 3.21. The summed E-state index contributed by atoms with van der Waals surface area (Å²) >= 11 is 0. The summed E-state index contributed by atoms with van der Waals surface area (Å²) in [6.07, 6.45) is 6.57. The van der Waals surface area contributed by atoms with E-state index in [2.05, 4.69) is 17.2 Å². The molecule has 4 nitrogen and oxygen atoms in total. The Bertz CT molecular complexity index is 429. The van der Waals surface area contributed by atoms with Gasteiger partial charge in [0.05, 0.1) is 0 Å². The van der Waals surface area contributed by atoms with E-state index in [1.165, 1.54) is 19.3 Å². The number of carbonyl (C=O) groups excluding carboxylic acids is 1. The third-order valence-electron chi connectivity index (χ3n) is 3.67. The van der Waals surface area contributed by atoms with Crippen LogP contribution in [0.2, 0.25) is 0 Å². The first-order chi connectivity index (χ1) is 9.20. The Morgan fingerprint density at radius 3 is 2.95 bits per heavy atom. The number of pyridine rings is 1. The first kappa shape index (κ1) is 13.8. The number of anilines is 1. The zero-order valence-electron chi connectivity index (χ0n) is 11.9. The van der Waals surface area contributed by atoms with Crippen molar-refractivity contribution in [1.29, 1.82) is 0 Å². The number of carbonyl (C=O) groups is 1. The van der Waals surface area contributed by atoms with Gasteiger partial charge in [0.15, 0.2) is 0 Å². The molecule has 1 amide bonds. The van der Waals surface area contributed by atoms with E-state index in [9.17, 15) is 4.79 Å². The molecule has 1 N–H and O–H groups in total. The predicted molar refractivity (Wildman–Crippen MR) is 77.3 cm³/mol. The molecule has 0 aliphatic heterocycles. The number of nitrogens with one attached hydrogen (secondary N) is 1. The van der Waals surface area contributed by atoms with Crippen LogP contribution < -0.4 is 5.32 Å². The normalized spacial score (nSPS) is 14.8. The van der Waals surface area contributed by atoms with Gasteiger partial charge in [-0.05, 0) is 37.3 Å². The summed E-state index contributed by atoms with van der Waals surface area (Å²) in [6.45, 7) is 3.86. The molecule has 0 radical (unpaired) electrons. The van der Waals surface area contributed by atoms with Crippen LogP contribution in [-0.2, 0) is 0 Å². The zero-order valence-corrected chi connectivity index (χ0v) is 11.9. The standard InChI is InChI=1S/C15H23N3O/c1-3-8-16-14-10-13(7-9-17-14)15(19)18(2)11-12-5-4-6-12/h7,9-10,12H,3-6,8,11H2,1-2H3,(H,16,17). The molecule has 2 rings (SSSR count). The molecule has 1 heterocycles. The molecule has 1 fully saturated rings. The minimum Gasteiger partial charge on any atom is -0.370 e. The molecule has 0 aromatic carbocycles. The van der Waals surface area contributed by atoms with Crippen molar-refractivity contribution in [2.75, 3.05) is 25.5 Å². The van der Waals surface area contributed by atoms with Gasteiger partial charge in [0.2, 0.25) is 0 Å². The molecule has 1 aliphatic carbocycles. The van der Waals surface area contributed by atoms with Crippen molar-refractivity contribution in [3.8, 4) is 0 Å². The second kappa shape index (κ2) is 6.55. The molecular formula is C15H23N3O. The summed E-state index contributed by atoms with van der Waals surface area (Å²) in [5.41, 5.74) is 0.718. The van der Waals surface area contributed by atoms with E-state index in [0.29, 0.717) is 5.92 Å². The average Bonchev–Trinajstić information content (AvgIpc) is 2.39. The van der Waals surface area contributed by atoms with Gasteiger partial charge in [0.1, 0.15) is 5.82 Å². The van der Waals surface area contributed by atoms with Gasteiger partial charge >= 0.3 is 0 Å². The van der Waals surface area contributed by atoms with Crippen LogP contribution in [0.3, 0.4) is 0 Å². The topological polar surface area (TPSA) is 45.2 Å². The smallest absolute Gasteiger partial charge is 0.253 e. The fraction of sp³-hybridized carbons (Fsp3) is 0.600. The minimum atomic E-state index is 0.0915. The van der Waals surface area contributed by atoms with Gasteiger partial charge in [-0.2, -0.15) is 0 Å². The highest BCUT2D eigenvalue weighted by Crippen LogP contribution is 2.27. The van der Waals surface area contributed by atoms with E-state index in [4.69, 9.17) is 0 Å². The van der Waals surface area contributed by atoms with Gasteiger partial charge in [-0.3, -0.25) is 4.79 Å². The maximum absolute atomic E-state index is 12.3. The Labute approximate surface area is 115 Å². The average molecular weight is 261 g/mol. The highest BCUT2D eigenvalue weighted by atomic mass is 16.2. The number of hydrogen-bond acceptors (Lipinski definition) is 3. The van der Waals surface area contributed by atoms with Gasteiger partial charge in [-0.25, -0.2) is 4.98 Å². The van der Waals surface area contributed by atoms with Crippen molar-refractivity contribution in [2.24, 2.45) is 5.92 Å². The van der Waals surface area contributed by atoms with Crippen LogP contribution in [0, 0.1) is 5.92 Å². The molecule has 0 unspecified atom stereocenters. The molecule has 4 heteroatoms. The van der Waals surface area contributed by atoms with Crippen molar-refractivity contribution in [3.63, 3.8) is 0 Å². The molecule has 0 saturated heterocycles.